The Morgan fingerprint density at radius 3 is 2.76 bits per heavy atom. The molecule has 2 rings (SSSR count). The van der Waals surface area contributed by atoms with Crippen LogP contribution in [-0.2, 0) is 10.0 Å². The van der Waals surface area contributed by atoms with Crippen LogP contribution in [-0.4, -0.2) is 68.3 Å². The van der Waals surface area contributed by atoms with Crippen molar-refractivity contribution in [2.24, 2.45) is 0 Å². The summed E-state index contributed by atoms with van der Waals surface area (Å²) in [5.41, 5.74) is 0.260. The van der Waals surface area contributed by atoms with Crippen molar-refractivity contribution in [1.82, 2.24) is 19.9 Å². The maximum absolute atomic E-state index is 12.4. The summed E-state index contributed by atoms with van der Waals surface area (Å²) < 4.78 is 26.3. The minimum absolute atomic E-state index is 0.146. The van der Waals surface area contributed by atoms with E-state index in [1.165, 1.54) is 16.6 Å². The molecule has 1 fully saturated rings. The van der Waals surface area contributed by atoms with Crippen molar-refractivity contribution in [3.8, 4) is 0 Å². The number of nitrogens with one attached hydrogen (secondary N) is 3. The minimum atomic E-state index is -3.50. The molecule has 1 aliphatic heterocycles. The summed E-state index contributed by atoms with van der Waals surface area (Å²) in [5.74, 6) is 1.31. The first kappa shape index (κ1) is 16.3. The highest BCUT2D eigenvalue weighted by atomic mass is 32.2. The van der Waals surface area contributed by atoms with Gasteiger partial charge in [-0.1, -0.05) is 0 Å². The van der Waals surface area contributed by atoms with Crippen LogP contribution in [0.15, 0.2) is 17.2 Å². The third-order valence-corrected chi connectivity index (χ3v) is 5.99. The largest absolute Gasteiger partial charge is 0.356 e. The lowest BCUT2D eigenvalue weighted by Crippen LogP contribution is -2.37. The van der Waals surface area contributed by atoms with Gasteiger partial charge >= 0.3 is 0 Å². The zero-order chi connectivity index (χ0) is 15.3. The van der Waals surface area contributed by atoms with Crippen molar-refractivity contribution in [2.75, 3.05) is 44.7 Å². The third kappa shape index (κ3) is 4.00. The van der Waals surface area contributed by atoms with Gasteiger partial charge < -0.3 is 15.6 Å². The van der Waals surface area contributed by atoms with E-state index in [-0.39, 0.29) is 16.5 Å². The summed E-state index contributed by atoms with van der Waals surface area (Å²) >= 11 is 1.75. The molecule has 21 heavy (non-hydrogen) atoms. The molecule has 1 amide bonds. The molecule has 2 heterocycles. The summed E-state index contributed by atoms with van der Waals surface area (Å²) in [7, 11) is -1.71. The van der Waals surface area contributed by atoms with E-state index in [1.54, 1.807) is 18.8 Å². The highest BCUT2D eigenvalue weighted by Gasteiger charge is 2.27. The number of aromatic amines is 1. The molecular formula is C12H20N4O3S2. The van der Waals surface area contributed by atoms with Crippen LogP contribution in [0.25, 0.3) is 0 Å². The number of H-pyrrole nitrogens is 1. The standard InChI is InChI=1S/C12H20N4O3S2/c1-13-2-3-14-12(17)11-8-10(9-15-11)21(18,19)16-4-6-20-7-5-16/h8-9,13,15H,2-7H2,1H3,(H,14,17). The minimum Gasteiger partial charge on any atom is -0.356 e. The van der Waals surface area contributed by atoms with Crippen molar-refractivity contribution in [3.63, 3.8) is 0 Å². The molecule has 118 valence electrons. The van der Waals surface area contributed by atoms with Gasteiger partial charge in [0.1, 0.15) is 10.6 Å². The lowest BCUT2D eigenvalue weighted by molar-refractivity contribution is 0.0949. The van der Waals surface area contributed by atoms with Crippen LogP contribution in [0.3, 0.4) is 0 Å². The van der Waals surface area contributed by atoms with E-state index in [2.05, 4.69) is 15.6 Å². The molecule has 0 radical (unpaired) electrons. The molecule has 0 spiro atoms. The number of rotatable bonds is 6. The zero-order valence-electron chi connectivity index (χ0n) is 11.9. The van der Waals surface area contributed by atoms with Crippen LogP contribution in [0.1, 0.15) is 10.5 Å². The highest BCUT2D eigenvalue weighted by molar-refractivity contribution is 7.99. The number of hydrogen-bond acceptors (Lipinski definition) is 5. The van der Waals surface area contributed by atoms with E-state index >= 15 is 0 Å². The molecule has 0 bridgehead atoms. The Bertz CT molecular complexity index is 579. The van der Waals surface area contributed by atoms with E-state index in [4.69, 9.17) is 0 Å². The fraction of sp³-hybridized carbons (Fsp3) is 0.583. The topological polar surface area (TPSA) is 94.3 Å². The molecule has 7 nitrogen and oxygen atoms in total. The fourth-order valence-corrected chi connectivity index (χ4v) is 4.56. The van der Waals surface area contributed by atoms with Gasteiger partial charge in [-0.15, -0.1) is 0 Å². The summed E-state index contributed by atoms with van der Waals surface area (Å²) in [5, 5.41) is 5.62. The van der Waals surface area contributed by atoms with E-state index < -0.39 is 10.0 Å². The Labute approximate surface area is 128 Å². The van der Waals surface area contributed by atoms with E-state index in [1.807, 2.05) is 0 Å². The number of thioether (sulfide) groups is 1. The SMILES string of the molecule is CNCCNC(=O)c1cc(S(=O)(=O)N2CCSCC2)c[nH]1. The molecule has 9 heteroatoms. The van der Waals surface area contributed by atoms with Gasteiger partial charge in [-0.25, -0.2) is 8.42 Å². The van der Waals surface area contributed by atoms with Crippen LogP contribution in [0.2, 0.25) is 0 Å². The number of nitrogens with zero attached hydrogens (tertiary/aromatic N) is 1. The van der Waals surface area contributed by atoms with E-state index in [9.17, 15) is 13.2 Å². The molecule has 0 aliphatic carbocycles. The van der Waals surface area contributed by atoms with Gasteiger partial charge in [-0.3, -0.25) is 4.79 Å². The fourth-order valence-electron chi connectivity index (χ4n) is 1.99. The molecule has 1 aromatic rings. The summed E-state index contributed by atoms with van der Waals surface area (Å²) in [6, 6.07) is 1.39. The van der Waals surface area contributed by atoms with E-state index in [0.29, 0.717) is 26.2 Å². The number of aromatic nitrogens is 1. The molecule has 1 aliphatic rings. The van der Waals surface area contributed by atoms with Crippen LogP contribution in [0.5, 0.6) is 0 Å². The summed E-state index contributed by atoms with van der Waals surface area (Å²) in [6.45, 7) is 2.17. The maximum atomic E-state index is 12.4. The summed E-state index contributed by atoms with van der Waals surface area (Å²) in [6.07, 6.45) is 1.38. The van der Waals surface area contributed by atoms with Crippen molar-refractivity contribution in [3.05, 3.63) is 18.0 Å². The lowest BCUT2D eigenvalue weighted by atomic mass is 10.4. The molecule has 0 saturated carbocycles. The van der Waals surface area contributed by atoms with Crippen LogP contribution in [0.4, 0.5) is 0 Å². The van der Waals surface area contributed by atoms with Gasteiger partial charge in [-0.2, -0.15) is 16.1 Å². The molecule has 1 saturated heterocycles. The first-order chi connectivity index (χ1) is 10.1. The summed E-state index contributed by atoms with van der Waals surface area (Å²) in [4.78, 5) is 14.7. The van der Waals surface area contributed by atoms with Crippen LogP contribution in [0, 0.1) is 0 Å². The second kappa shape index (κ2) is 7.30. The Morgan fingerprint density at radius 2 is 2.10 bits per heavy atom. The van der Waals surface area contributed by atoms with Crippen LogP contribution < -0.4 is 10.6 Å². The first-order valence-electron chi connectivity index (χ1n) is 6.75. The molecule has 1 aromatic heterocycles. The average molecular weight is 332 g/mol. The van der Waals surface area contributed by atoms with Gasteiger partial charge in [0.25, 0.3) is 5.91 Å². The van der Waals surface area contributed by atoms with Gasteiger partial charge in [-0.05, 0) is 13.1 Å². The first-order valence-corrected chi connectivity index (χ1v) is 9.34. The number of hydrogen-bond donors (Lipinski definition) is 3. The molecule has 0 aromatic carbocycles. The molecule has 3 N–H and O–H groups in total. The predicted molar refractivity (Wildman–Crippen MR) is 83.1 cm³/mol. The quantitative estimate of drug-likeness (QED) is 0.622. The number of carbonyl (C=O) groups excluding carboxylic acids is 1. The zero-order valence-corrected chi connectivity index (χ0v) is 13.5. The van der Waals surface area contributed by atoms with E-state index in [0.717, 1.165) is 11.5 Å². The molecule has 0 atom stereocenters. The predicted octanol–water partition coefficient (Wildman–Crippen LogP) is -0.299. The molecule has 0 unspecified atom stereocenters. The normalized spacial score (nSPS) is 16.8. The van der Waals surface area contributed by atoms with Crippen molar-refractivity contribution >= 4 is 27.7 Å². The lowest BCUT2D eigenvalue weighted by Gasteiger charge is -2.24. The number of likely N-dealkylation sites (N-methyl/N-ethyl adjacent to an activating group) is 1. The highest BCUT2D eigenvalue weighted by Crippen LogP contribution is 2.20. The second-order valence-corrected chi connectivity index (χ2v) is 7.79. The van der Waals surface area contributed by atoms with Crippen LogP contribution >= 0.6 is 11.8 Å². The second-order valence-electron chi connectivity index (χ2n) is 4.62. The number of carbonyl (C=O) groups is 1. The van der Waals surface area contributed by atoms with Crippen molar-refractivity contribution in [1.29, 1.82) is 0 Å². The molecular weight excluding hydrogens is 312 g/mol. The Morgan fingerprint density at radius 1 is 1.38 bits per heavy atom. The Kier molecular flexibility index (Phi) is 5.68. The Balaban J connectivity index is 2.06. The smallest absolute Gasteiger partial charge is 0.267 e. The van der Waals surface area contributed by atoms with Gasteiger partial charge in [0.05, 0.1) is 0 Å². The third-order valence-electron chi connectivity index (χ3n) is 3.17. The monoisotopic (exact) mass is 332 g/mol. The Hall–Kier alpha value is -1.03. The van der Waals surface area contributed by atoms with Gasteiger partial charge in [0.2, 0.25) is 10.0 Å². The number of sulfonamides is 1. The van der Waals surface area contributed by atoms with Crippen molar-refractivity contribution < 1.29 is 13.2 Å². The average Bonchev–Trinajstić information content (AvgIpc) is 2.99. The maximum Gasteiger partial charge on any atom is 0.267 e. The van der Waals surface area contributed by atoms with Gasteiger partial charge in [0.15, 0.2) is 0 Å². The van der Waals surface area contributed by atoms with Crippen molar-refractivity contribution in [2.45, 2.75) is 4.90 Å². The van der Waals surface area contributed by atoms with Gasteiger partial charge in [0, 0.05) is 43.9 Å². The number of amides is 1.